The Morgan fingerprint density at radius 3 is 2.06 bits per heavy atom. The van der Waals surface area contributed by atoms with Gasteiger partial charge in [-0.25, -0.2) is 4.79 Å². The fourth-order valence-corrected chi connectivity index (χ4v) is 9.29. The Balaban J connectivity index is 1.74. The SMILES string of the molecule is CC(C)(C)[Si](OCC1C=C(c2ccccn2)CN1C(=O)O)(c1ccccc1)c1ccccc1. The van der Waals surface area contributed by atoms with Gasteiger partial charge >= 0.3 is 6.09 Å². The van der Waals surface area contributed by atoms with E-state index in [1.54, 1.807) is 6.20 Å². The Morgan fingerprint density at radius 1 is 1.00 bits per heavy atom. The first-order valence-electron chi connectivity index (χ1n) is 11.2. The van der Waals surface area contributed by atoms with Gasteiger partial charge in [-0.15, -0.1) is 0 Å². The van der Waals surface area contributed by atoms with Gasteiger partial charge in [-0.2, -0.15) is 0 Å². The first-order chi connectivity index (χ1) is 15.8. The molecule has 0 bridgehead atoms. The number of rotatable bonds is 6. The van der Waals surface area contributed by atoms with Crippen LogP contribution in [0.25, 0.3) is 5.57 Å². The van der Waals surface area contributed by atoms with E-state index in [-0.39, 0.29) is 17.7 Å². The molecule has 6 heteroatoms. The summed E-state index contributed by atoms with van der Waals surface area (Å²) in [6, 6.07) is 26.1. The lowest BCUT2D eigenvalue weighted by molar-refractivity contribution is 0.128. The molecule has 1 aliphatic heterocycles. The molecule has 1 aliphatic rings. The molecule has 0 fully saturated rings. The largest absolute Gasteiger partial charge is 0.465 e. The van der Waals surface area contributed by atoms with E-state index in [4.69, 9.17) is 4.43 Å². The van der Waals surface area contributed by atoms with Crippen LogP contribution in [0.4, 0.5) is 4.79 Å². The molecule has 1 N–H and O–H groups in total. The van der Waals surface area contributed by atoms with Crippen LogP contribution in [-0.4, -0.2) is 48.6 Å². The van der Waals surface area contributed by atoms with E-state index in [1.165, 1.54) is 15.3 Å². The lowest BCUT2D eigenvalue weighted by atomic mass is 10.1. The highest BCUT2D eigenvalue weighted by Gasteiger charge is 2.50. The van der Waals surface area contributed by atoms with Crippen molar-refractivity contribution in [2.45, 2.75) is 31.9 Å². The van der Waals surface area contributed by atoms with E-state index in [1.807, 2.05) is 60.7 Å². The van der Waals surface area contributed by atoms with Gasteiger partial charge in [0.05, 0.1) is 24.9 Å². The molecule has 5 nitrogen and oxygen atoms in total. The van der Waals surface area contributed by atoms with Crippen molar-refractivity contribution in [1.29, 1.82) is 0 Å². The van der Waals surface area contributed by atoms with Gasteiger partial charge in [0.1, 0.15) is 0 Å². The van der Waals surface area contributed by atoms with Crippen LogP contribution in [0.2, 0.25) is 5.04 Å². The zero-order valence-corrected chi connectivity index (χ0v) is 20.3. The van der Waals surface area contributed by atoms with Gasteiger partial charge in [0.15, 0.2) is 0 Å². The van der Waals surface area contributed by atoms with Crippen LogP contribution in [0.3, 0.4) is 0 Å². The van der Waals surface area contributed by atoms with Gasteiger partial charge in [-0.3, -0.25) is 9.88 Å². The maximum Gasteiger partial charge on any atom is 0.408 e. The van der Waals surface area contributed by atoms with Crippen molar-refractivity contribution in [3.8, 4) is 0 Å². The first kappa shape index (κ1) is 23.0. The maximum absolute atomic E-state index is 12.1. The fraction of sp³-hybridized carbons (Fsp3) is 0.259. The normalized spacial score (nSPS) is 16.5. The molecular formula is C27H30N2O3Si. The van der Waals surface area contributed by atoms with Crippen LogP contribution >= 0.6 is 0 Å². The molecule has 1 aromatic heterocycles. The molecule has 0 saturated heterocycles. The number of aromatic nitrogens is 1. The third-order valence-electron chi connectivity index (χ3n) is 6.26. The van der Waals surface area contributed by atoms with Crippen LogP contribution in [0, 0.1) is 0 Å². The molecular weight excluding hydrogens is 428 g/mol. The predicted molar refractivity (Wildman–Crippen MR) is 134 cm³/mol. The van der Waals surface area contributed by atoms with Gasteiger partial charge < -0.3 is 9.53 Å². The van der Waals surface area contributed by atoms with Crippen LogP contribution in [-0.2, 0) is 4.43 Å². The summed E-state index contributed by atoms with van der Waals surface area (Å²) in [5.41, 5.74) is 1.71. The lowest BCUT2D eigenvalue weighted by Gasteiger charge is -2.43. The number of nitrogens with zero attached hydrogens (tertiary/aromatic N) is 2. The zero-order valence-electron chi connectivity index (χ0n) is 19.3. The molecule has 4 rings (SSSR count). The minimum absolute atomic E-state index is 0.171. The number of hydrogen-bond donors (Lipinski definition) is 1. The maximum atomic E-state index is 12.1. The van der Waals surface area contributed by atoms with Crippen molar-refractivity contribution in [3.05, 3.63) is 96.8 Å². The van der Waals surface area contributed by atoms with E-state index < -0.39 is 14.4 Å². The smallest absolute Gasteiger partial charge is 0.408 e. The van der Waals surface area contributed by atoms with Crippen molar-refractivity contribution in [2.24, 2.45) is 0 Å². The second-order valence-electron chi connectivity index (χ2n) is 9.36. The average Bonchev–Trinajstić information content (AvgIpc) is 3.25. The zero-order chi connectivity index (χ0) is 23.5. The Kier molecular flexibility index (Phi) is 6.49. The monoisotopic (exact) mass is 458 g/mol. The molecule has 0 aliphatic carbocycles. The molecule has 3 aromatic rings. The van der Waals surface area contributed by atoms with E-state index in [0.29, 0.717) is 6.54 Å². The van der Waals surface area contributed by atoms with Gasteiger partial charge in [0, 0.05) is 6.20 Å². The summed E-state index contributed by atoms with van der Waals surface area (Å²) in [4.78, 5) is 17.9. The highest BCUT2D eigenvalue weighted by Crippen LogP contribution is 2.37. The molecule has 1 amide bonds. The van der Waals surface area contributed by atoms with E-state index in [0.717, 1.165) is 11.3 Å². The van der Waals surface area contributed by atoms with Gasteiger partial charge in [-0.05, 0) is 33.1 Å². The Labute approximate surface area is 196 Å². The fourth-order valence-electron chi connectivity index (χ4n) is 4.71. The highest BCUT2D eigenvalue weighted by molar-refractivity contribution is 6.99. The quantitative estimate of drug-likeness (QED) is 0.556. The van der Waals surface area contributed by atoms with E-state index >= 15 is 0 Å². The second-order valence-corrected chi connectivity index (χ2v) is 13.7. The molecule has 2 heterocycles. The first-order valence-corrected chi connectivity index (χ1v) is 13.1. The van der Waals surface area contributed by atoms with Crippen molar-refractivity contribution in [3.63, 3.8) is 0 Å². The number of carboxylic acid groups (broad SMARTS) is 1. The summed E-state index contributed by atoms with van der Waals surface area (Å²) < 4.78 is 6.98. The standard InChI is InChI=1S/C27H30N2O3Si/c1-27(2,3)33(23-12-6-4-7-13-23,24-14-8-5-9-15-24)32-20-22-18-21(19-29(22)26(30)31)25-16-10-11-17-28-25/h4-18,22H,19-20H2,1-3H3,(H,30,31). The number of carbonyl (C=O) groups is 1. The van der Waals surface area contributed by atoms with Gasteiger partial charge in [-0.1, -0.05) is 93.6 Å². The molecule has 170 valence electrons. The molecule has 1 atom stereocenters. The molecule has 1 unspecified atom stereocenters. The van der Waals surface area contributed by atoms with E-state index in [2.05, 4.69) is 50.0 Å². The number of benzene rings is 2. The van der Waals surface area contributed by atoms with E-state index in [9.17, 15) is 9.90 Å². The van der Waals surface area contributed by atoms with Crippen molar-refractivity contribution in [1.82, 2.24) is 9.88 Å². The van der Waals surface area contributed by atoms with Crippen molar-refractivity contribution in [2.75, 3.05) is 13.2 Å². The number of amides is 1. The summed E-state index contributed by atoms with van der Waals surface area (Å²) in [5, 5.41) is 12.1. The highest BCUT2D eigenvalue weighted by atomic mass is 28.4. The predicted octanol–water partition coefficient (Wildman–Crippen LogP) is 4.40. The Hall–Kier alpha value is -3.22. The minimum atomic E-state index is -2.75. The van der Waals surface area contributed by atoms with Crippen LogP contribution in [0.5, 0.6) is 0 Å². The van der Waals surface area contributed by atoms with Gasteiger partial charge in [0.25, 0.3) is 8.32 Å². The summed E-state index contributed by atoms with van der Waals surface area (Å²) >= 11 is 0. The van der Waals surface area contributed by atoms with Crippen LogP contribution in [0.15, 0.2) is 91.1 Å². The third kappa shape index (κ3) is 4.49. The van der Waals surface area contributed by atoms with Gasteiger partial charge in [0.2, 0.25) is 0 Å². The third-order valence-corrected chi connectivity index (χ3v) is 11.3. The van der Waals surface area contributed by atoms with Crippen molar-refractivity contribution >= 4 is 30.4 Å². The molecule has 33 heavy (non-hydrogen) atoms. The summed E-state index contributed by atoms with van der Waals surface area (Å²) in [7, 11) is -2.75. The Morgan fingerprint density at radius 2 is 1.58 bits per heavy atom. The molecule has 2 aromatic carbocycles. The topological polar surface area (TPSA) is 62.7 Å². The molecule has 0 saturated carbocycles. The number of pyridine rings is 1. The lowest BCUT2D eigenvalue weighted by Crippen LogP contribution is -2.67. The Bertz CT molecular complexity index is 1070. The minimum Gasteiger partial charge on any atom is -0.465 e. The summed E-state index contributed by atoms with van der Waals surface area (Å²) in [6.45, 7) is 7.25. The number of hydrogen-bond acceptors (Lipinski definition) is 3. The summed E-state index contributed by atoms with van der Waals surface area (Å²) in [6.07, 6.45) is 2.77. The summed E-state index contributed by atoms with van der Waals surface area (Å²) in [5.74, 6) is 0. The second kappa shape index (κ2) is 9.33. The van der Waals surface area contributed by atoms with Crippen molar-refractivity contribution < 1.29 is 14.3 Å². The van der Waals surface area contributed by atoms with Crippen LogP contribution in [0.1, 0.15) is 26.5 Å². The average molecular weight is 459 g/mol. The van der Waals surface area contributed by atoms with Crippen LogP contribution < -0.4 is 10.4 Å². The molecule has 0 radical (unpaired) electrons. The molecule has 0 spiro atoms.